The molecular formula is C18H23NO2. The molecule has 0 aromatic heterocycles. The fourth-order valence-corrected chi connectivity index (χ4v) is 4.10. The number of hydrogen-bond acceptors (Lipinski definition) is 2. The van der Waals surface area contributed by atoms with E-state index in [1.54, 1.807) is 0 Å². The summed E-state index contributed by atoms with van der Waals surface area (Å²) in [5.74, 6) is -0.463. The second-order valence-electron chi connectivity index (χ2n) is 6.62. The van der Waals surface area contributed by atoms with E-state index in [1.165, 1.54) is 18.4 Å². The molecule has 0 spiro atoms. The number of amides is 1. The van der Waals surface area contributed by atoms with Gasteiger partial charge in [0, 0.05) is 6.04 Å². The van der Waals surface area contributed by atoms with Crippen LogP contribution in [0.3, 0.4) is 0 Å². The van der Waals surface area contributed by atoms with Gasteiger partial charge in [0.05, 0.1) is 6.54 Å². The van der Waals surface area contributed by atoms with E-state index < -0.39 is 5.92 Å². The van der Waals surface area contributed by atoms with Gasteiger partial charge in [0.2, 0.25) is 5.91 Å². The average molecular weight is 285 g/mol. The minimum absolute atomic E-state index is 0.0296. The molecule has 112 valence electrons. The van der Waals surface area contributed by atoms with Gasteiger partial charge < -0.3 is 4.90 Å². The van der Waals surface area contributed by atoms with Gasteiger partial charge in [-0.25, -0.2) is 0 Å². The summed E-state index contributed by atoms with van der Waals surface area (Å²) in [5.41, 5.74) is 4.25. The standard InChI is InChI=1S/C18H23NO2/c1-11-8-12(2)16(13(3)9-11)17-15(20)10-19(18(17)21)14-6-4-5-7-14/h8-9,14,17H,4-7,10H2,1-3H3. The van der Waals surface area contributed by atoms with Crippen LogP contribution in [0.2, 0.25) is 0 Å². The van der Waals surface area contributed by atoms with Gasteiger partial charge in [-0.15, -0.1) is 0 Å². The molecule has 2 aliphatic rings. The largest absolute Gasteiger partial charge is 0.331 e. The lowest BCUT2D eigenvalue weighted by atomic mass is 9.88. The van der Waals surface area contributed by atoms with Gasteiger partial charge in [-0.2, -0.15) is 0 Å². The number of carbonyl (C=O) groups is 2. The summed E-state index contributed by atoms with van der Waals surface area (Å²) in [7, 11) is 0. The van der Waals surface area contributed by atoms with Crippen LogP contribution in [-0.4, -0.2) is 29.2 Å². The van der Waals surface area contributed by atoms with Crippen molar-refractivity contribution in [3.05, 3.63) is 34.4 Å². The normalized spacial score (nSPS) is 23.4. The molecule has 1 saturated carbocycles. The summed E-state index contributed by atoms with van der Waals surface area (Å²) in [6.45, 7) is 6.37. The maximum absolute atomic E-state index is 12.8. The van der Waals surface area contributed by atoms with Gasteiger partial charge in [-0.05, 0) is 50.3 Å². The Hall–Kier alpha value is -1.64. The summed E-state index contributed by atoms with van der Waals surface area (Å²) in [6, 6.07) is 4.43. The van der Waals surface area contributed by atoms with Crippen molar-refractivity contribution in [1.82, 2.24) is 4.90 Å². The first-order valence-electron chi connectivity index (χ1n) is 7.90. The molecule has 1 aliphatic heterocycles. The fourth-order valence-electron chi connectivity index (χ4n) is 4.10. The number of nitrogens with zero attached hydrogens (tertiary/aromatic N) is 1. The molecular weight excluding hydrogens is 262 g/mol. The number of aryl methyl sites for hydroxylation is 3. The number of carbonyl (C=O) groups excluding carboxylic acids is 2. The number of rotatable bonds is 2. The van der Waals surface area contributed by atoms with Crippen molar-refractivity contribution in [2.24, 2.45) is 0 Å². The molecule has 1 unspecified atom stereocenters. The SMILES string of the molecule is Cc1cc(C)c(C2C(=O)CN(C3CCCC3)C2=O)c(C)c1. The van der Waals surface area contributed by atoms with Crippen LogP contribution in [0.1, 0.15) is 53.9 Å². The van der Waals surface area contributed by atoms with E-state index in [-0.39, 0.29) is 17.7 Å². The lowest BCUT2D eigenvalue weighted by Crippen LogP contribution is -2.35. The summed E-state index contributed by atoms with van der Waals surface area (Å²) in [6.07, 6.45) is 4.46. The Morgan fingerprint density at radius 1 is 1.00 bits per heavy atom. The average Bonchev–Trinajstić information content (AvgIpc) is 3.00. The molecule has 0 bridgehead atoms. The van der Waals surface area contributed by atoms with Crippen LogP contribution in [0.5, 0.6) is 0 Å². The Morgan fingerprint density at radius 2 is 1.57 bits per heavy atom. The van der Waals surface area contributed by atoms with Crippen molar-refractivity contribution >= 4 is 11.7 Å². The molecule has 2 fully saturated rings. The number of ketones is 1. The van der Waals surface area contributed by atoms with Crippen LogP contribution in [0.15, 0.2) is 12.1 Å². The van der Waals surface area contributed by atoms with Crippen molar-refractivity contribution < 1.29 is 9.59 Å². The van der Waals surface area contributed by atoms with Crippen LogP contribution in [-0.2, 0) is 9.59 Å². The lowest BCUT2D eigenvalue weighted by Gasteiger charge is -2.23. The number of hydrogen-bond donors (Lipinski definition) is 0. The quantitative estimate of drug-likeness (QED) is 0.783. The minimum Gasteiger partial charge on any atom is -0.331 e. The molecule has 3 heteroatoms. The highest BCUT2D eigenvalue weighted by Crippen LogP contribution is 2.35. The van der Waals surface area contributed by atoms with Crippen LogP contribution < -0.4 is 0 Å². The summed E-state index contributed by atoms with van der Waals surface area (Å²) in [4.78, 5) is 27.1. The predicted octanol–water partition coefficient (Wildman–Crippen LogP) is 3.05. The summed E-state index contributed by atoms with van der Waals surface area (Å²) in [5, 5.41) is 0. The predicted molar refractivity (Wildman–Crippen MR) is 82.4 cm³/mol. The first-order valence-corrected chi connectivity index (χ1v) is 7.90. The molecule has 1 aromatic rings. The first kappa shape index (κ1) is 14.3. The molecule has 1 atom stereocenters. The zero-order valence-corrected chi connectivity index (χ0v) is 13.1. The highest BCUT2D eigenvalue weighted by molar-refractivity contribution is 6.13. The Morgan fingerprint density at radius 3 is 2.14 bits per heavy atom. The molecule has 3 rings (SSSR count). The summed E-state index contributed by atoms with van der Waals surface area (Å²) < 4.78 is 0. The van der Waals surface area contributed by atoms with Gasteiger partial charge in [0.25, 0.3) is 0 Å². The van der Waals surface area contributed by atoms with Crippen molar-refractivity contribution in [2.75, 3.05) is 6.54 Å². The van der Waals surface area contributed by atoms with Gasteiger partial charge in [-0.3, -0.25) is 9.59 Å². The number of likely N-dealkylation sites (tertiary alicyclic amines) is 1. The molecule has 1 aliphatic carbocycles. The second kappa shape index (κ2) is 5.28. The molecule has 0 radical (unpaired) electrons. The van der Waals surface area contributed by atoms with E-state index >= 15 is 0 Å². The summed E-state index contributed by atoms with van der Waals surface area (Å²) >= 11 is 0. The number of benzene rings is 1. The van der Waals surface area contributed by atoms with Crippen LogP contribution in [0.4, 0.5) is 0 Å². The topological polar surface area (TPSA) is 37.4 Å². The fraction of sp³-hybridized carbons (Fsp3) is 0.556. The van der Waals surface area contributed by atoms with E-state index in [0.29, 0.717) is 6.54 Å². The molecule has 0 N–H and O–H groups in total. The van der Waals surface area contributed by atoms with E-state index in [9.17, 15) is 9.59 Å². The highest BCUT2D eigenvalue weighted by atomic mass is 16.2. The third-order valence-electron chi connectivity index (χ3n) is 4.97. The third-order valence-corrected chi connectivity index (χ3v) is 4.97. The van der Waals surface area contributed by atoms with Crippen molar-refractivity contribution in [1.29, 1.82) is 0 Å². The van der Waals surface area contributed by atoms with E-state index in [4.69, 9.17) is 0 Å². The second-order valence-corrected chi connectivity index (χ2v) is 6.62. The maximum atomic E-state index is 12.8. The van der Waals surface area contributed by atoms with E-state index in [0.717, 1.165) is 29.5 Å². The van der Waals surface area contributed by atoms with Crippen LogP contribution >= 0.6 is 0 Å². The lowest BCUT2D eigenvalue weighted by molar-refractivity contribution is -0.131. The molecule has 1 aromatic carbocycles. The van der Waals surface area contributed by atoms with Gasteiger partial charge in [0.15, 0.2) is 5.78 Å². The Kier molecular flexibility index (Phi) is 3.60. The zero-order valence-electron chi connectivity index (χ0n) is 13.1. The van der Waals surface area contributed by atoms with Gasteiger partial charge >= 0.3 is 0 Å². The van der Waals surface area contributed by atoms with Gasteiger partial charge in [-0.1, -0.05) is 30.5 Å². The number of Topliss-reactive ketones (excluding diaryl/α,β-unsaturated/α-hetero) is 1. The Balaban J connectivity index is 1.96. The first-order chi connectivity index (χ1) is 9.99. The Labute approximate surface area is 126 Å². The molecule has 3 nitrogen and oxygen atoms in total. The highest BCUT2D eigenvalue weighted by Gasteiger charge is 2.44. The molecule has 1 heterocycles. The van der Waals surface area contributed by atoms with Crippen molar-refractivity contribution in [2.45, 2.75) is 58.4 Å². The van der Waals surface area contributed by atoms with E-state index in [1.807, 2.05) is 25.7 Å². The van der Waals surface area contributed by atoms with Crippen LogP contribution in [0.25, 0.3) is 0 Å². The monoisotopic (exact) mass is 285 g/mol. The van der Waals surface area contributed by atoms with Gasteiger partial charge in [0.1, 0.15) is 5.92 Å². The molecule has 1 amide bonds. The molecule has 21 heavy (non-hydrogen) atoms. The van der Waals surface area contributed by atoms with Crippen molar-refractivity contribution in [3.8, 4) is 0 Å². The third kappa shape index (κ3) is 2.39. The Bertz CT molecular complexity index is 576. The van der Waals surface area contributed by atoms with Crippen LogP contribution in [0, 0.1) is 20.8 Å². The smallest absolute Gasteiger partial charge is 0.238 e. The maximum Gasteiger partial charge on any atom is 0.238 e. The molecule has 1 saturated heterocycles. The van der Waals surface area contributed by atoms with E-state index in [2.05, 4.69) is 12.1 Å². The minimum atomic E-state index is -0.564. The van der Waals surface area contributed by atoms with Crippen molar-refractivity contribution in [3.63, 3.8) is 0 Å². The zero-order chi connectivity index (χ0) is 15.1.